The minimum atomic E-state index is -0.501. The molecule has 0 saturated carbocycles. The molecular formula is C16H25BrN2O2. The van der Waals surface area contributed by atoms with Crippen molar-refractivity contribution in [2.24, 2.45) is 5.73 Å². The van der Waals surface area contributed by atoms with Crippen molar-refractivity contribution >= 4 is 21.8 Å². The number of unbranched alkanes of at least 4 members (excludes halogenated alkanes) is 2. The van der Waals surface area contributed by atoms with Crippen molar-refractivity contribution in [3.05, 3.63) is 28.2 Å². The first-order valence-corrected chi connectivity index (χ1v) is 8.30. The van der Waals surface area contributed by atoms with Crippen LogP contribution in [0.25, 0.3) is 0 Å². The van der Waals surface area contributed by atoms with Crippen LogP contribution in [0, 0.1) is 0 Å². The molecule has 21 heavy (non-hydrogen) atoms. The van der Waals surface area contributed by atoms with Crippen LogP contribution in [0.5, 0.6) is 5.75 Å². The maximum Gasteiger partial charge on any atom is 0.260 e. The molecule has 0 aliphatic rings. The van der Waals surface area contributed by atoms with Crippen LogP contribution >= 0.6 is 15.9 Å². The molecule has 0 aromatic heterocycles. The molecule has 1 atom stereocenters. The van der Waals surface area contributed by atoms with Crippen LogP contribution in [-0.2, 0) is 11.2 Å². The Bertz CT molecular complexity index is 452. The Morgan fingerprint density at radius 3 is 2.86 bits per heavy atom. The molecule has 0 radical (unpaired) electrons. The van der Waals surface area contributed by atoms with Gasteiger partial charge in [-0.15, -0.1) is 0 Å². The summed E-state index contributed by atoms with van der Waals surface area (Å²) in [4.78, 5) is 11.9. The van der Waals surface area contributed by atoms with Crippen LogP contribution in [0.2, 0.25) is 0 Å². The summed E-state index contributed by atoms with van der Waals surface area (Å²) < 4.78 is 6.71. The fraction of sp³-hybridized carbons (Fsp3) is 0.562. The third-order valence-corrected chi connectivity index (χ3v) is 3.97. The Morgan fingerprint density at radius 1 is 1.43 bits per heavy atom. The van der Waals surface area contributed by atoms with Crippen LogP contribution in [0.3, 0.4) is 0 Å². The third-order valence-electron chi connectivity index (χ3n) is 3.19. The number of carbonyl (C=O) groups is 1. The van der Waals surface area contributed by atoms with Gasteiger partial charge in [-0.25, -0.2) is 0 Å². The van der Waals surface area contributed by atoms with E-state index in [0.29, 0.717) is 18.8 Å². The lowest BCUT2D eigenvalue weighted by Crippen LogP contribution is -2.36. The molecular weight excluding hydrogens is 332 g/mol. The quantitative estimate of drug-likeness (QED) is 0.668. The monoisotopic (exact) mass is 356 g/mol. The number of nitrogens with two attached hydrogens (primary N) is 1. The van der Waals surface area contributed by atoms with E-state index in [1.807, 2.05) is 18.2 Å². The molecule has 0 aliphatic carbocycles. The highest BCUT2D eigenvalue weighted by Gasteiger charge is 2.14. The van der Waals surface area contributed by atoms with Crippen LogP contribution in [0.15, 0.2) is 22.7 Å². The van der Waals surface area contributed by atoms with Gasteiger partial charge in [-0.2, -0.15) is 0 Å². The van der Waals surface area contributed by atoms with Gasteiger partial charge in [0.2, 0.25) is 0 Å². The molecule has 1 amide bonds. The maximum atomic E-state index is 11.9. The van der Waals surface area contributed by atoms with Crippen LogP contribution in [0.4, 0.5) is 0 Å². The fourth-order valence-electron chi connectivity index (χ4n) is 1.96. The van der Waals surface area contributed by atoms with Crippen molar-refractivity contribution in [1.29, 1.82) is 0 Å². The summed E-state index contributed by atoms with van der Waals surface area (Å²) in [6, 6.07) is 5.70. The molecule has 0 bridgehead atoms. The van der Waals surface area contributed by atoms with Gasteiger partial charge < -0.3 is 15.8 Å². The van der Waals surface area contributed by atoms with Crippen molar-refractivity contribution in [1.82, 2.24) is 5.32 Å². The summed E-state index contributed by atoms with van der Waals surface area (Å²) in [5.41, 5.74) is 6.67. The molecule has 0 aliphatic heterocycles. The number of amides is 1. The molecule has 0 saturated heterocycles. The molecule has 1 rings (SSSR count). The summed E-state index contributed by atoms with van der Waals surface area (Å²) in [6.07, 6.45) is 3.55. The van der Waals surface area contributed by atoms with Gasteiger partial charge in [0.05, 0.1) is 0 Å². The minimum absolute atomic E-state index is 0.0746. The molecule has 0 heterocycles. The number of hydrogen-bond acceptors (Lipinski definition) is 3. The third kappa shape index (κ3) is 6.48. The lowest BCUT2D eigenvalue weighted by atomic mass is 10.1. The molecule has 1 aromatic rings. The van der Waals surface area contributed by atoms with Gasteiger partial charge in [0, 0.05) is 11.0 Å². The number of hydrogen-bond donors (Lipinski definition) is 2. The predicted molar refractivity (Wildman–Crippen MR) is 89.5 cm³/mol. The van der Waals surface area contributed by atoms with E-state index in [1.165, 1.54) is 0 Å². The van der Waals surface area contributed by atoms with Crippen molar-refractivity contribution in [2.75, 3.05) is 13.1 Å². The highest BCUT2D eigenvalue weighted by molar-refractivity contribution is 9.10. The first-order valence-electron chi connectivity index (χ1n) is 7.51. The average molecular weight is 357 g/mol. The van der Waals surface area contributed by atoms with E-state index in [4.69, 9.17) is 10.5 Å². The van der Waals surface area contributed by atoms with Gasteiger partial charge in [0.25, 0.3) is 5.91 Å². The zero-order valence-corrected chi connectivity index (χ0v) is 14.4. The molecule has 4 nitrogen and oxygen atoms in total. The van der Waals surface area contributed by atoms with Crippen molar-refractivity contribution in [3.8, 4) is 5.75 Å². The summed E-state index contributed by atoms with van der Waals surface area (Å²) in [5.74, 6) is 0.618. The molecule has 118 valence electrons. The molecule has 0 spiro atoms. The number of benzene rings is 1. The fourth-order valence-corrected chi connectivity index (χ4v) is 2.40. The topological polar surface area (TPSA) is 64.3 Å². The Hall–Kier alpha value is -1.07. The zero-order chi connectivity index (χ0) is 15.7. The average Bonchev–Trinajstić information content (AvgIpc) is 2.47. The standard InChI is InChI=1S/C16H25BrN2O2/c1-3-4-5-10-19-16(20)12(2)21-14-6-7-15(17)13(11-14)8-9-18/h6-7,11-12H,3-5,8-10,18H2,1-2H3,(H,19,20). The summed E-state index contributed by atoms with van der Waals surface area (Å²) >= 11 is 3.49. The lowest BCUT2D eigenvalue weighted by Gasteiger charge is -2.16. The van der Waals surface area contributed by atoms with E-state index in [0.717, 1.165) is 35.7 Å². The second-order valence-electron chi connectivity index (χ2n) is 5.05. The maximum absolute atomic E-state index is 11.9. The Labute approximate surface area is 135 Å². The molecule has 1 unspecified atom stereocenters. The van der Waals surface area contributed by atoms with E-state index in [-0.39, 0.29) is 5.91 Å². The number of nitrogens with one attached hydrogen (secondary N) is 1. The van der Waals surface area contributed by atoms with Crippen molar-refractivity contribution in [2.45, 2.75) is 45.6 Å². The molecule has 5 heteroatoms. The van der Waals surface area contributed by atoms with Gasteiger partial charge in [-0.1, -0.05) is 35.7 Å². The van der Waals surface area contributed by atoms with E-state index >= 15 is 0 Å². The Balaban J connectivity index is 2.51. The number of rotatable bonds is 9. The Kier molecular flexibility index (Phi) is 8.38. The van der Waals surface area contributed by atoms with E-state index in [9.17, 15) is 4.79 Å². The highest BCUT2D eigenvalue weighted by Crippen LogP contribution is 2.23. The predicted octanol–water partition coefficient (Wildman–Crippen LogP) is 3.02. The SMILES string of the molecule is CCCCCNC(=O)C(C)Oc1ccc(Br)c(CCN)c1. The van der Waals surface area contributed by atoms with E-state index in [1.54, 1.807) is 6.92 Å². The van der Waals surface area contributed by atoms with Gasteiger partial charge in [-0.05, 0) is 50.1 Å². The van der Waals surface area contributed by atoms with Crippen LogP contribution in [0.1, 0.15) is 38.7 Å². The Morgan fingerprint density at radius 2 is 2.19 bits per heavy atom. The second-order valence-corrected chi connectivity index (χ2v) is 5.90. The van der Waals surface area contributed by atoms with Gasteiger partial charge in [-0.3, -0.25) is 4.79 Å². The second kappa shape index (κ2) is 9.79. The number of ether oxygens (including phenoxy) is 1. The van der Waals surface area contributed by atoms with Crippen LogP contribution < -0.4 is 15.8 Å². The largest absolute Gasteiger partial charge is 0.481 e. The van der Waals surface area contributed by atoms with Gasteiger partial charge in [0.1, 0.15) is 5.75 Å². The van der Waals surface area contributed by atoms with E-state index in [2.05, 4.69) is 28.2 Å². The molecule has 1 aromatic carbocycles. The van der Waals surface area contributed by atoms with Crippen molar-refractivity contribution < 1.29 is 9.53 Å². The minimum Gasteiger partial charge on any atom is -0.481 e. The smallest absolute Gasteiger partial charge is 0.260 e. The molecule has 0 fully saturated rings. The normalized spacial score (nSPS) is 12.0. The summed E-state index contributed by atoms with van der Waals surface area (Å²) in [6.45, 7) is 5.19. The van der Waals surface area contributed by atoms with Gasteiger partial charge >= 0.3 is 0 Å². The van der Waals surface area contributed by atoms with Gasteiger partial charge in [0.15, 0.2) is 6.10 Å². The summed E-state index contributed by atoms with van der Waals surface area (Å²) in [5, 5.41) is 2.90. The molecule has 3 N–H and O–H groups in total. The summed E-state index contributed by atoms with van der Waals surface area (Å²) in [7, 11) is 0. The highest BCUT2D eigenvalue weighted by atomic mass is 79.9. The number of halogens is 1. The zero-order valence-electron chi connectivity index (χ0n) is 12.8. The van der Waals surface area contributed by atoms with Crippen LogP contribution in [-0.4, -0.2) is 25.1 Å². The van der Waals surface area contributed by atoms with E-state index < -0.39 is 6.10 Å². The van der Waals surface area contributed by atoms with Crippen molar-refractivity contribution in [3.63, 3.8) is 0 Å². The first kappa shape index (κ1) is 18.0. The lowest BCUT2D eigenvalue weighted by molar-refractivity contribution is -0.127. The first-order chi connectivity index (χ1) is 10.1. The number of carbonyl (C=O) groups excluding carboxylic acids is 1.